The van der Waals surface area contributed by atoms with Gasteiger partial charge >= 0.3 is 0 Å². The molecule has 4 nitrogen and oxygen atoms in total. The smallest absolute Gasteiger partial charge is 0.270 e. The van der Waals surface area contributed by atoms with E-state index in [-0.39, 0.29) is 46.1 Å². The Balaban J connectivity index is 1.74. The van der Waals surface area contributed by atoms with Crippen molar-refractivity contribution in [3.8, 4) is 16.3 Å². The van der Waals surface area contributed by atoms with Crippen molar-refractivity contribution in [3.63, 3.8) is 0 Å². The summed E-state index contributed by atoms with van der Waals surface area (Å²) in [6.45, 7) is 3.57. The molecule has 28 heavy (non-hydrogen) atoms. The number of rotatable bonds is 6. The average molecular weight is 423 g/mol. The molecule has 1 N–H and O–H groups in total. The molecule has 1 amide bonds. The number of nitrogens with zero attached hydrogens (tertiary/aromatic N) is 1. The summed E-state index contributed by atoms with van der Waals surface area (Å²) >= 11 is 7.13. The standard InChI is InChI=1S/C20H17ClF2N2O2S/c1-11(2)24-19(26)18-10-28-20(25-18)13-7-6-12(8-17(13)23)27-9-14-15(21)4-3-5-16(14)22/h3-8,10-11H,9H2,1-2H3,(H,24,26). The molecule has 0 saturated carbocycles. The minimum absolute atomic E-state index is 0.0197. The quantitative estimate of drug-likeness (QED) is 0.574. The zero-order valence-electron chi connectivity index (χ0n) is 15.1. The van der Waals surface area contributed by atoms with E-state index in [0.29, 0.717) is 5.01 Å². The summed E-state index contributed by atoms with van der Waals surface area (Å²) in [6.07, 6.45) is 0. The second kappa shape index (κ2) is 8.67. The molecule has 146 valence electrons. The molecule has 2 aromatic carbocycles. The molecule has 0 saturated heterocycles. The van der Waals surface area contributed by atoms with Gasteiger partial charge in [-0.15, -0.1) is 11.3 Å². The normalized spacial score (nSPS) is 10.9. The van der Waals surface area contributed by atoms with Crippen LogP contribution in [0, 0.1) is 11.6 Å². The lowest BCUT2D eigenvalue weighted by atomic mass is 10.2. The van der Waals surface area contributed by atoms with Crippen LogP contribution in [0.25, 0.3) is 10.6 Å². The van der Waals surface area contributed by atoms with Crippen LogP contribution in [0.3, 0.4) is 0 Å². The maximum atomic E-state index is 14.5. The summed E-state index contributed by atoms with van der Waals surface area (Å²) in [6, 6.07) is 8.58. The van der Waals surface area contributed by atoms with E-state index in [2.05, 4.69) is 10.3 Å². The van der Waals surface area contributed by atoms with Crippen LogP contribution in [0.1, 0.15) is 29.9 Å². The first-order valence-corrected chi connectivity index (χ1v) is 9.73. The second-order valence-corrected chi connectivity index (χ2v) is 7.56. The third-order valence-corrected chi connectivity index (χ3v) is 5.00. The van der Waals surface area contributed by atoms with Crippen molar-refractivity contribution >= 4 is 28.8 Å². The molecule has 3 aromatic rings. The lowest BCUT2D eigenvalue weighted by molar-refractivity contribution is 0.0939. The summed E-state index contributed by atoms with van der Waals surface area (Å²) in [7, 11) is 0. The molecule has 8 heteroatoms. The molecule has 0 atom stereocenters. The van der Waals surface area contributed by atoms with E-state index in [1.165, 1.54) is 35.6 Å². The van der Waals surface area contributed by atoms with Gasteiger partial charge in [-0.05, 0) is 38.1 Å². The monoisotopic (exact) mass is 422 g/mol. The highest BCUT2D eigenvalue weighted by Crippen LogP contribution is 2.30. The molecule has 0 aliphatic rings. The van der Waals surface area contributed by atoms with Gasteiger partial charge < -0.3 is 10.1 Å². The Bertz CT molecular complexity index is 987. The van der Waals surface area contributed by atoms with E-state index < -0.39 is 11.6 Å². The van der Waals surface area contributed by atoms with Crippen molar-refractivity contribution < 1.29 is 18.3 Å². The van der Waals surface area contributed by atoms with Crippen LogP contribution >= 0.6 is 22.9 Å². The fourth-order valence-electron chi connectivity index (χ4n) is 2.42. The number of nitrogens with one attached hydrogen (secondary N) is 1. The van der Waals surface area contributed by atoms with Gasteiger partial charge in [0.25, 0.3) is 5.91 Å². The van der Waals surface area contributed by atoms with Gasteiger partial charge in [0.1, 0.15) is 34.7 Å². The Morgan fingerprint density at radius 1 is 1.25 bits per heavy atom. The van der Waals surface area contributed by atoms with Crippen molar-refractivity contribution in [2.45, 2.75) is 26.5 Å². The molecule has 0 radical (unpaired) electrons. The van der Waals surface area contributed by atoms with Crippen molar-refractivity contribution in [3.05, 3.63) is 69.7 Å². The van der Waals surface area contributed by atoms with E-state index in [0.717, 1.165) is 0 Å². The first-order valence-electron chi connectivity index (χ1n) is 8.47. The first-order chi connectivity index (χ1) is 13.3. The highest BCUT2D eigenvalue weighted by Gasteiger charge is 2.16. The van der Waals surface area contributed by atoms with E-state index >= 15 is 0 Å². The maximum absolute atomic E-state index is 14.5. The average Bonchev–Trinajstić information content (AvgIpc) is 3.11. The van der Waals surface area contributed by atoms with Crippen molar-refractivity contribution in [1.29, 1.82) is 0 Å². The van der Waals surface area contributed by atoms with Gasteiger partial charge in [-0.25, -0.2) is 13.8 Å². The number of hydrogen-bond donors (Lipinski definition) is 1. The number of halogens is 3. The predicted octanol–water partition coefficient (Wildman–Crippen LogP) is 5.46. The molecule has 0 unspecified atom stereocenters. The number of carbonyl (C=O) groups is 1. The number of thiazole rings is 1. The molecular weight excluding hydrogens is 406 g/mol. The summed E-state index contributed by atoms with van der Waals surface area (Å²) < 4.78 is 33.8. The Hall–Kier alpha value is -2.51. The second-order valence-electron chi connectivity index (χ2n) is 6.30. The Labute approximate surface area is 170 Å². The third kappa shape index (κ3) is 4.66. The predicted molar refractivity (Wildman–Crippen MR) is 106 cm³/mol. The van der Waals surface area contributed by atoms with Crippen LogP contribution < -0.4 is 10.1 Å². The van der Waals surface area contributed by atoms with Gasteiger partial charge in [0.15, 0.2) is 0 Å². The van der Waals surface area contributed by atoms with E-state index in [9.17, 15) is 13.6 Å². The minimum atomic E-state index is -0.553. The number of ether oxygens (including phenoxy) is 1. The minimum Gasteiger partial charge on any atom is -0.489 e. The third-order valence-electron chi connectivity index (χ3n) is 3.77. The Morgan fingerprint density at radius 3 is 2.71 bits per heavy atom. The summed E-state index contributed by atoms with van der Waals surface area (Å²) in [4.78, 5) is 16.2. The van der Waals surface area contributed by atoms with Crippen LogP contribution in [-0.2, 0) is 6.61 Å². The van der Waals surface area contributed by atoms with Crippen LogP contribution in [0.2, 0.25) is 5.02 Å². The Morgan fingerprint density at radius 2 is 2.04 bits per heavy atom. The number of amides is 1. The van der Waals surface area contributed by atoms with Crippen molar-refractivity contribution in [2.75, 3.05) is 0 Å². The summed E-state index contributed by atoms with van der Waals surface area (Å²) in [5.41, 5.74) is 0.696. The fourth-order valence-corrected chi connectivity index (χ4v) is 3.47. The van der Waals surface area contributed by atoms with Gasteiger partial charge in [-0.3, -0.25) is 4.79 Å². The van der Waals surface area contributed by atoms with Gasteiger partial charge in [0.05, 0.1) is 5.02 Å². The number of hydrogen-bond acceptors (Lipinski definition) is 4. The van der Waals surface area contributed by atoms with Crippen molar-refractivity contribution in [2.24, 2.45) is 0 Å². The topological polar surface area (TPSA) is 51.2 Å². The lowest BCUT2D eigenvalue weighted by Gasteiger charge is -2.10. The highest BCUT2D eigenvalue weighted by molar-refractivity contribution is 7.13. The van der Waals surface area contributed by atoms with Gasteiger partial charge in [0, 0.05) is 28.6 Å². The Kier molecular flexibility index (Phi) is 6.26. The summed E-state index contributed by atoms with van der Waals surface area (Å²) in [5.74, 6) is -1.11. The zero-order valence-corrected chi connectivity index (χ0v) is 16.7. The molecule has 0 aliphatic heterocycles. The number of aromatic nitrogens is 1. The molecule has 0 bridgehead atoms. The zero-order chi connectivity index (χ0) is 20.3. The number of benzene rings is 2. The van der Waals surface area contributed by atoms with Crippen LogP contribution in [0.4, 0.5) is 8.78 Å². The molecule has 1 aromatic heterocycles. The molecular formula is C20H17ClF2N2O2S. The van der Waals surface area contributed by atoms with E-state index in [1.807, 2.05) is 13.8 Å². The highest BCUT2D eigenvalue weighted by atomic mass is 35.5. The van der Waals surface area contributed by atoms with Gasteiger partial charge in [-0.1, -0.05) is 17.7 Å². The molecule has 0 aliphatic carbocycles. The lowest BCUT2D eigenvalue weighted by Crippen LogP contribution is -2.30. The van der Waals surface area contributed by atoms with Crippen LogP contribution in [0.15, 0.2) is 41.8 Å². The van der Waals surface area contributed by atoms with E-state index in [1.54, 1.807) is 17.5 Å². The van der Waals surface area contributed by atoms with Gasteiger partial charge in [-0.2, -0.15) is 0 Å². The first kappa shape index (κ1) is 20.2. The van der Waals surface area contributed by atoms with Crippen LogP contribution in [0.5, 0.6) is 5.75 Å². The number of carbonyl (C=O) groups excluding carboxylic acids is 1. The fraction of sp³-hybridized carbons (Fsp3) is 0.200. The molecule has 0 spiro atoms. The summed E-state index contributed by atoms with van der Waals surface area (Å²) in [5, 5.41) is 4.95. The molecule has 0 fully saturated rings. The van der Waals surface area contributed by atoms with E-state index in [4.69, 9.17) is 16.3 Å². The molecule has 3 rings (SSSR count). The largest absolute Gasteiger partial charge is 0.489 e. The van der Waals surface area contributed by atoms with Gasteiger partial charge in [0.2, 0.25) is 0 Å². The van der Waals surface area contributed by atoms with Crippen molar-refractivity contribution in [1.82, 2.24) is 10.3 Å². The molecule has 1 heterocycles. The maximum Gasteiger partial charge on any atom is 0.270 e. The van der Waals surface area contributed by atoms with Crippen LogP contribution in [-0.4, -0.2) is 16.9 Å². The SMILES string of the molecule is CC(C)NC(=O)c1csc(-c2ccc(OCc3c(F)cccc3Cl)cc2F)n1.